The van der Waals surface area contributed by atoms with Crippen LogP contribution in [0.1, 0.15) is 31.2 Å². The summed E-state index contributed by atoms with van der Waals surface area (Å²) in [6.45, 7) is 0.592. The van der Waals surface area contributed by atoms with Crippen molar-refractivity contribution in [2.24, 2.45) is 18.2 Å². The number of carbonyl (C=O) groups is 1. The summed E-state index contributed by atoms with van der Waals surface area (Å²) in [6.07, 6.45) is 8.13. The van der Waals surface area contributed by atoms with Crippen molar-refractivity contribution >= 4 is 23.1 Å². The molecule has 1 amide bonds. The van der Waals surface area contributed by atoms with Crippen LogP contribution in [0, 0.1) is 5.41 Å². The van der Waals surface area contributed by atoms with Crippen LogP contribution in [0.25, 0.3) is 0 Å². The molecule has 1 aliphatic carbocycles. The standard InChI is InChI=1S/C13H20N4OS/c1-17-9-10(8-16-17)4-7-15-12(18)13(11(14)19)5-2-3-6-13/h8-9H,2-7H2,1H3,(H2,14,19)(H,15,18). The first-order valence-electron chi connectivity index (χ1n) is 6.60. The molecular formula is C13H20N4OS. The maximum Gasteiger partial charge on any atom is 0.233 e. The Labute approximate surface area is 118 Å². The maximum absolute atomic E-state index is 12.3. The van der Waals surface area contributed by atoms with Crippen LogP contribution in [-0.2, 0) is 18.3 Å². The topological polar surface area (TPSA) is 72.9 Å². The number of carbonyl (C=O) groups excluding carboxylic acids is 1. The summed E-state index contributed by atoms with van der Waals surface area (Å²) in [5, 5.41) is 7.06. The fourth-order valence-corrected chi connectivity index (χ4v) is 2.95. The average Bonchev–Trinajstić information content (AvgIpc) is 2.98. The molecule has 1 aromatic heterocycles. The average molecular weight is 280 g/mol. The molecule has 5 nitrogen and oxygen atoms in total. The van der Waals surface area contributed by atoms with Crippen LogP contribution in [0.2, 0.25) is 0 Å². The fourth-order valence-electron chi connectivity index (χ4n) is 2.65. The van der Waals surface area contributed by atoms with E-state index in [1.165, 1.54) is 0 Å². The van der Waals surface area contributed by atoms with Crippen LogP contribution >= 0.6 is 12.2 Å². The largest absolute Gasteiger partial charge is 0.392 e. The molecule has 0 aliphatic heterocycles. The van der Waals surface area contributed by atoms with Gasteiger partial charge in [-0.2, -0.15) is 5.10 Å². The van der Waals surface area contributed by atoms with Gasteiger partial charge in [0, 0.05) is 19.8 Å². The highest BCUT2D eigenvalue weighted by atomic mass is 32.1. The molecular weight excluding hydrogens is 260 g/mol. The lowest BCUT2D eigenvalue weighted by Crippen LogP contribution is -2.47. The number of hydrogen-bond acceptors (Lipinski definition) is 3. The lowest BCUT2D eigenvalue weighted by Gasteiger charge is -2.26. The van der Waals surface area contributed by atoms with Gasteiger partial charge < -0.3 is 11.1 Å². The Morgan fingerprint density at radius 3 is 2.79 bits per heavy atom. The molecule has 1 saturated carbocycles. The van der Waals surface area contributed by atoms with Crippen molar-refractivity contribution in [3.8, 4) is 0 Å². The zero-order chi connectivity index (χ0) is 13.9. The smallest absolute Gasteiger partial charge is 0.233 e. The first-order chi connectivity index (χ1) is 9.04. The molecule has 3 N–H and O–H groups in total. The monoisotopic (exact) mass is 280 g/mol. The molecule has 19 heavy (non-hydrogen) atoms. The highest BCUT2D eigenvalue weighted by Gasteiger charge is 2.43. The molecule has 6 heteroatoms. The van der Waals surface area contributed by atoms with Gasteiger partial charge in [-0.05, 0) is 24.8 Å². The minimum absolute atomic E-state index is 0.0126. The van der Waals surface area contributed by atoms with E-state index in [0.717, 1.165) is 37.7 Å². The highest BCUT2D eigenvalue weighted by Crippen LogP contribution is 2.38. The Bertz CT molecular complexity index is 477. The molecule has 0 saturated heterocycles. The van der Waals surface area contributed by atoms with Gasteiger partial charge >= 0.3 is 0 Å². The van der Waals surface area contributed by atoms with E-state index in [1.807, 2.05) is 19.4 Å². The SMILES string of the molecule is Cn1cc(CCNC(=O)C2(C(N)=S)CCCC2)cn1. The minimum atomic E-state index is -0.607. The van der Waals surface area contributed by atoms with Gasteiger partial charge in [0.1, 0.15) is 0 Å². The predicted molar refractivity (Wildman–Crippen MR) is 77.6 cm³/mol. The van der Waals surface area contributed by atoms with Crippen LogP contribution in [0.4, 0.5) is 0 Å². The van der Waals surface area contributed by atoms with E-state index < -0.39 is 5.41 Å². The van der Waals surface area contributed by atoms with Crippen molar-refractivity contribution < 1.29 is 4.79 Å². The first-order valence-corrected chi connectivity index (χ1v) is 7.01. The normalized spacial score (nSPS) is 17.3. The second kappa shape index (κ2) is 5.69. The van der Waals surface area contributed by atoms with E-state index in [-0.39, 0.29) is 5.91 Å². The van der Waals surface area contributed by atoms with E-state index in [4.69, 9.17) is 18.0 Å². The second-order valence-electron chi connectivity index (χ2n) is 5.18. The number of nitrogens with zero attached hydrogens (tertiary/aromatic N) is 2. The molecule has 1 aromatic rings. The van der Waals surface area contributed by atoms with Crippen LogP contribution in [0.5, 0.6) is 0 Å². The first kappa shape index (κ1) is 14.0. The Morgan fingerprint density at radius 2 is 2.26 bits per heavy atom. The van der Waals surface area contributed by atoms with Crippen molar-refractivity contribution in [1.82, 2.24) is 15.1 Å². The molecule has 1 fully saturated rings. The molecule has 0 aromatic carbocycles. The van der Waals surface area contributed by atoms with Crippen molar-refractivity contribution in [2.45, 2.75) is 32.1 Å². The number of amides is 1. The zero-order valence-corrected chi connectivity index (χ0v) is 12.0. The van der Waals surface area contributed by atoms with Crippen molar-refractivity contribution in [2.75, 3.05) is 6.54 Å². The summed E-state index contributed by atoms with van der Waals surface area (Å²) < 4.78 is 1.75. The van der Waals surface area contributed by atoms with Crippen LogP contribution in [0.15, 0.2) is 12.4 Å². The van der Waals surface area contributed by atoms with Gasteiger partial charge in [0.2, 0.25) is 5.91 Å². The third-order valence-electron chi connectivity index (χ3n) is 3.82. The number of hydrogen-bond donors (Lipinski definition) is 2. The van der Waals surface area contributed by atoms with Gasteiger partial charge in [0.15, 0.2) is 0 Å². The lowest BCUT2D eigenvalue weighted by atomic mass is 9.85. The Balaban J connectivity index is 1.88. The lowest BCUT2D eigenvalue weighted by molar-refractivity contribution is -0.127. The summed E-state index contributed by atoms with van der Waals surface area (Å²) >= 11 is 5.09. The number of rotatable bonds is 5. The summed E-state index contributed by atoms with van der Waals surface area (Å²) in [4.78, 5) is 12.6. The van der Waals surface area contributed by atoms with E-state index in [1.54, 1.807) is 4.68 Å². The molecule has 0 bridgehead atoms. The van der Waals surface area contributed by atoms with Crippen LogP contribution < -0.4 is 11.1 Å². The molecule has 0 unspecified atom stereocenters. The maximum atomic E-state index is 12.3. The van der Waals surface area contributed by atoms with Gasteiger partial charge in [-0.15, -0.1) is 0 Å². The third kappa shape index (κ3) is 2.94. The second-order valence-corrected chi connectivity index (χ2v) is 5.62. The molecule has 1 heterocycles. The third-order valence-corrected chi connectivity index (χ3v) is 4.21. The Morgan fingerprint density at radius 1 is 1.58 bits per heavy atom. The number of aryl methyl sites for hydroxylation is 1. The van der Waals surface area contributed by atoms with Gasteiger partial charge in [-0.25, -0.2) is 0 Å². The summed E-state index contributed by atoms with van der Waals surface area (Å²) in [7, 11) is 1.88. The number of nitrogens with one attached hydrogen (secondary N) is 1. The van der Waals surface area contributed by atoms with Gasteiger partial charge in [-0.3, -0.25) is 9.48 Å². The summed E-state index contributed by atoms with van der Waals surface area (Å²) in [5.41, 5.74) is 6.28. The van der Waals surface area contributed by atoms with Crippen molar-refractivity contribution in [3.05, 3.63) is 18.0 Å². The van der Waals surface area contributed by atoms with E-state index in [9.17, 15) is 4.79 Å². The van der Waals surface area contributed by atoms with Crippen molar-refractivity contribution in [1.29, 1.82) is 0 Å². The van der Waals surface area contributed by atoms with Crippen LogP contribution in [0.3, 0.4) is 0 Å². The highest BCUT2D eigenvalue weighted by molar-refractivity contribution is 7.80. The molecule has 104 valence electrons. The van der Waals surface area contributed by atoms with Crippen molar-refractivity contribution in [3.63, 3.8) is 0 Å². The molecule has 2 rings (SSSR count). The number of thiocarbonyl (C=S) groups is 1. The van der Waals surface area contributed by atoms with E-state index in [2.05, 4.69) is 10.4 Å². The molecule has 0 atom stereocenters. The predicted octanol–water partition coefficient (Wildman–Crippen LogP) is 0.925. The summed E-state index contributed by atoms with van der Waals surface area (Å²) in [5.74, 6) is -0.0126. The van der Waals surface area contributed by atoms with E-state index in [0.29, 0.717) is 11.5 Å². The summed E-state index contributed by atoms with van der Waals surface area (Å²) in [6, 6.07) is 0. The van der Waals surface area contributed by atoms with Gasteiger partial charge in [0.05, 0.1) is 16.6 Å². The molecule has 0 spiro atoms. The minimum Gasteiger partial charge on any atom is -0.392 e. The zero-order valence-electron chi connectivity index (χ0n) is 11.2. The number of nitrogens with two attached hydrogens (primary N) is 1. The quantitative estimate of drug-likeness (QED) is 0.787. The molecule has 1 aliphatic rings. The van der Waals surface area contributed by atoms with Crippen LogP contribution in [-0.4, -0.2) is 27.2 Å². The fraction of sp³-hybridized carbons (Fsp3) is 0.615. The van der Waals surface area contributed by atoms with Gasteiger partial charge in [0.25, 0.3) is 0 Å². The Kier molecular flexibility index (Phi) is 4.19. The molecule has 0 radical (unpaired) electrons. The Hall–Kier alpha value is -1.43. The van der Waals surface area contributed by atoms with E-state index >= 15 is 0 Å². The van der Waals surface area contributed by atoms with Gasteiger partial charge in [-0.1, -0.05) is 25.1 Å². The number of aromatic nitrogens is 2.